The number of hydrogen-bond donors (Lipinski definition) is 2. The molecule has 8 heteroatoms. The van der Waals surface area contributed by atoms with Crippen molar-refractivity contribution in [1.82, 2.24) is 14.9 Å². The van der Waals surface area contributed by atoms with Crippen molar-refractivity contribution in [2.24, 2.45) is 5.73 Å². The zero-order valence-electron chi connectivity index (χ0n) is 15.7. The van der Waals surface area contributed by atoms with Gasteiger partial charge in [0.15, 0.2) is 0 Å². The first-order valence-electron chi connectivity index (χ1n) is 9.35. The Morgan fingerprint density at radius 2 is 1.89 bits per heavy atom. The topological polar surface area (TPSA) is 84.1 Å². The molecular weight excluding hydrogens is 397 g/mol. The van der Waals surface area contributed by atoms with E-state index in [9.17, 15) is 4.79 Å². The number of carbonyl (C=O) groups excluding carboxylic acids is 1. The van der Waals surface area contributed by atoms with Crippen molar-refractivity contribution in [1.29, 1.82) is 0 Å². The summed E-state index contributed by atoms with van der Waals surface area (Å²) in [6, 6.07) is 10.6. The Bertz CT molecular complexity index is 798. The summed E-state index contributed by atoms with van der Waals surface area (Å²) >= 11 is 0. The van der Waals surface area contributed by atoms with Gasteiger partial charge < -0.3 is 16.0 Å². The minimum absolute atomic E-state index is 0. The molecule has 152 valence electrons. The standard InChI is InChI=1S/C20H25N5O.2ClH/c21-17-8-16(9-17)18-10-19(24-13-23-18)22-11-14-4-1-2-5-15(14)12-25-7-3-6-20(25)26;;/h1-2,4-5,10,13,16-17H,3,6-9,11-12,21H2,(H,22,23,24);2*1H. The molecule has 0 atom stereocenters. The Morgan fingerprint density at radius 1 is 1.14 bits per heavy atom. The first-order valence-corrected chi connectivity index (χ1v) is 9.35. The highest BCUT2D eigenvalue weighted by Gasteiger charge is 2.28. The highest BCUT2D eigenvalue weighted by molar-refractivity contribution is 5.85. The molecule has 1 aliphatic heterocycles. The highest BCUT2D eigenvalue weighted by Crippen LogP contribution is 2.34. The molecule has 28 heavy (non-hydrogen) atoms. The van der Waals surface area contributed by atoms with E-state index in [0.717, 1.165) is 37.3 Å². The average molecular weight is 424 g/mol. The molecule has 4 rings (SSSR count). The first kappa shape index (κ1) is 22.4. The molecule has 3 N–H and O–H groups in total. The van der Waals surface area contributed by atoms with Crippen LogP contribution >= 0.6 is 24.8 Å². The molecule has 1 amide bonds. The van der Waals surface area contributed by atoms with Gasteiger partial charge in [0.25, 0.3) is 0 Å². The second-order valence-electron chi connectivity index (χ2n) is 7.30. The predicted molar refractivity (Wildman–Crippen MR) is 115 cm³/mol. The van der Waals surface area contributed by atoms with Gasteiger partial charge in [-0.3, -0.25) is 4.79 Å². The summed E-state index contributed by atoms with van der Waals surface area (Å²) in [7, 11) is 0. The minimum atomic E-state index is 0. The number of amides is 1. The van der Waals surface area contributed by atoms with Gasteiger partial charge in [0.05, 0.1) is 0 Å². The minimum Gasteiger partial charge on any atom is -0.366 e. The molecule has 1 aliphatic carbocycles. The second kappa shape index (κ2) is 10.0. The highest BCUT2D eigenvalue weighted by atomic mass is 35.5. The largest absolute Gasteiger partial charge is 0.366 e. The number of aromatic nitrogens is 2. The van der Waals surface area contributed by atoms with E-state index < -0.39 is 0 Å². The van der Waals surface area contributed by atoms with Crippen molar-refractivity contribution in [3.63, 3.8) is 0 Å². The van der Waals surface area contributed by atoms with Crippen LogP contribution in [0.4, 0.5) is 5.82 Å². The molecule has 6 nitrogen and oxygen atoms in total. The van der Waals surface area contributed by atoms with Crippen LogP contribution in [0.25, 0.3) is 0 Å². The zero-order chi connectivity index (χ0) is 17.9. The van der Waals surface area contributed by atoms with Crippen molar-refractivity contribution < 1.29 is 4.79 Å². The average Bonchev–Trinajstić information content (AvgIpc) is 3.03. The Labute approximate surface area is 178 Å². The van der Waals surface area contributed by atoms with Crippen LogP contribution in [0, 0.1) is 0 Å². The number of nitrogens with zero attached hydrogens (tertiary/aromatic N) is 3. The van der Waals surface area contributed by atoms with Crippen molar-refractivity contribution in [3.8, 4) is 0 Å². The lowest BCUT2D eigenvalue weighted by Gasteiger charge is -2.31. The summed E-state index contributed by atoms with van der Waals surface area (Å²) in [5.41, 5.74) is 9.34. The number of halogens is 2. The number of benzene rings is 1. The zero-order valence-corrected chi connectivity index (χ0v) is 17.3. The third kappa shape index (κ3) is 5.13. The van der Waals surface area contributed by atoms with Gasteiger partial charge in [0, 0.05) is 49.8 Å². The van der Waals surface area contributed by atoms with Crippen molar-refractivity contribution in [2.75, 3.05) is 11.9 Å². The third-order valence-corrected chi connectivity index (χ3v) is 5.39. The van der Waals surface area contributed by atoms with Crippen molar-refractivity contribution >= 4 is 36.5 Å². The number of carbonyl (C=O) groups is 1. The summed E-state index contributed by atoms with van der Waals surface area (Å²) in [5.74, 6) is 1.55. The van der Waals surface area contributed by atoms with Crippen molar-refractivity contribution in [2.45, 2.75) is 50.7 Å². The van der Waals surface area contributed by atoms with Crippen LogP contribution in [0.1, 0.15) is 48.4 Å². The Morgan fingerprint density at radius 3 is 2.57 bits per heavy atom. The van der Waals surface area contributed by atoms with Gasteiger partial charge in [0.1, 0.15) is 12.1 Å². The maximum atomic E-state index is 11.9. The van der Waals surface area contributed by atoms with E-state index in [1.165, 1.54) is 11.1 Å². The van der Waals surface area contributed by atoms with Crippen LogP contribution in [0.5, 0.6) is 0 Å². The van der Waals surface area contributed by atoms with Crippen LogP contribution in [-0.4, -0.2) is 33.4 Å². The van der Waals surface area contributed by atoms with Crippen LogP contribution in [0.3, 0.4) is 0 Å². The Kier molecular flexibility index (Phi) is 8.04. The normalized spacial score (nSPS) is 20.8. The van der Waals surface area contributed by atoms with E-state index >= 15 is 0 Å². The summed E-state index contributed by atoms with van der Waals surface area (Å²) in [6.07, 6.45) is 5.27. The molecule has 1 aromatic carbocycles. The van der Waals surface area contributed by atoms with Gasteiger partial charge in [0.2, 0.25) is 5.91 Å². The molecule has 1 saturated heterocycles. The van der Waals surface area contributed by atoms with Gasteiger partial charge in [-0.1, -0.05) is 24.3 Å². The lowest BCUT2D eigenvalue weighted by Crippen LogP contribution is -2.35. The predicted octanol–water partition coefficient (Wildman–Crippen LogP) is 3.26. The fourth-order valence-corrected chi connectivity index (χ4v) is 3.74. The second-order valence-corrected chi connectivity index (χ2v) is 7.30. The lowest BCUT2D eigenvalue weighted by molar-refractivity contribution is -0.128. The summed E-state index contributed by atoms with van der Waals surface area (Å²) in [6.45, 7) is 2.23. The fraction of sp³-hybridized carbons (Fsp3) is 0.450. The van der Waals surface area contributed by atoms with E-state index in [1.807, 2.05) is 23.1 Å². The first-order chi connectivity index (χ1) is 12.7. The molecule has 0 spiro atoms. The van der Waals surface area contributed by atoms with Gasteiger partial charge >= 0.3 is 0 Å². The molecule has 1 saturated carbocycles. The van der Waals surface area contributed by atoms with Gasteiger partial charge in [-0.15, -0.1) is 24.8 Å². The number of likely N-dealkylation sites (tertiary alicyclic amines) is 1. The molecular formula is C20H27Cl2N5O. The maximum absolute atomic E-state index is 11.9. The summed E-state index contributed by atoms with van der Waals surface area (Å²) < 4.78 is 0. The molecule has 0 unspecified atom stereocenters. The monoisotopic (exact) mass is 423 g/mol. The molecule has 2 heterocycles. The quantitative estimate of drug-likeness (QED) is 0.744. The van der Waals surface area contributed by atoms with E-state index in [0.29, 0.717) is 31.5 Å². The smallest absolute Gasteiger partial charge is 0.222 e. The molecule has 2 aromatic rings. The van der Waals surface area contributed by atoms with Crippen molar-refractivity contribution in [3.05, 3.63) is 53.5 Å². The summed E-state index contributed by atoms with van der Waals surface area (Å²) in [4.78, 5) is 22.6. The Balaban J connectivity index is 0.00000140. The van der Waals surface area contributed by atoms with E-state index in [4.69, 9.17) is 5.73 Å². The third-order valence-electron chi connectivity index (χ3n) is 5.39. The van der Waals surface area contributed by atoms with Crippen LogP contribution < -0.4 is 11.1 Å². The number of nitrogens with two attached hydrogens (primary N) is 1. The number of rotatable bonds is 6. The van der Waals surface area contributed by atoms with Crippen LogP contribution in [0.2, 0.25) is 0 Å². The van der Waals surface area contributed by atoms with Crippen LogP contribution in [0.15, 0.2) is 36.7 Å². The Hall–Kier alpha value is -1.89. The van der Waals surface area contributed by atoms with Gasteiger partial charge in [-0.25, -0.2) is 9.97 Å². The number of nitrogens with one attached hydrogen (secondary N) is 1. The van der Waals surface area contributed by atoms with Gasteiger partial charge in [-0.05, 0) is 30.4 Å². The van der Waals surface area contributed by atoms with E-state index in [2.05, 4.69) is 27.4 Å². The molecule has 0 radical (unpaired) electrons. The SMILES string of the molecule is Cl.Cl.NC1CC(c2cc(NCc3ccccc3CN3CCCC3=O)ncn2)C1. The lowest BCUT2D eigenvalue weighted by atomic mass is 9.79. The molecule has 2 fully saturated rings. The molecule has 0 bridgehead atoms. The van der Waals surface area contributed by atoms with Crippen LogP contribution in [-0.2, 0) is 17.9 Å². The summed E-state index contributed by atoms with van der Waals surface area (Å²) in [5, 5.41) is 3.41. The van der Waals surface area contributed by atoms with E-state index in [-0.39, 0.29) is 30.7 Å². The van der Waals surface area contributed by atoms with Gasteiger partial charge in [-0.2, -0.15) is 0 Å². The maximum Gasteiger partial charge on any atom is 0.222 e. The number of hydrogen-bond acceptors (Lipinski definition) is 5. The van der Waals surface area contributed by atoms with E-state index in [1.54, 1.807) is 6.33 Å². The number of anilines is 1. The fourth-order valence-electron chi connectivity index (χ4n) is 3.74. The molecule has 2 aliphatic rings. The molecule has 1 aromatic heterocycles.